The fraction of sp³-hybridized carbons (Fsp3) is 0.318. The summed E-state index contributed by atoms with van der Waals surface area (Å²) in [7, 11) is 1.60. The second-order valence-corrected chi connectivity index (χ2v) is 6.35. The highest BCUT2D eigenvalue weighted by Gasteiger charge is 2.17. The van der Waals surface area contributed by atoms with E-state index in [1.807, 2.05) is 24.3 Å². The average Bonchev–Trinajstić information content (AvgIpc) is 2.71. The molecule has 0 atom stereocenters. The van der Waals surface area contributed by atoms with Crippen molar-refractivity contribution in [1.29, 1.82) is 0 Å². The molecule has 0 aromatic heterocycles. The maximum atomic E-state index is 12.5. The zero-order valence-corrected chi connectivity index (χ0v) is 16.9. The summed E-state index contributed by atoms with van der Waals surface area (Å²) >= 11 is 0. The highest BCUT2D eigenvalue weighted by molar-refractivity contribution is 6.02. The van der Waals surface area contributed by atoms with Crippen LogP contribution in [-0.2, 0) is 20.7 Å². The Bertz CT molecular complexity index is 849. The molecule has 0 aliphatic rings. The van der Waals surface area contributed by atoms with Gasteiger partial charge in [0, 0.05) is 13.5 Å². The summed E-state index contributed by atoms with van der Waals surface area (Å²) in [6.07, 6.45) is 0.607. The van der Waals surface area contributed by atoms with E-state index in [1.165, 1.54) is 11.8 Å². The minimum atomic E-state index is -0.508. The van der Waals surface area contributed by atoms with Gasteiger partial charge in [-0.3, -0.25) is 9.59 Å². The van der Waals surface area contributed by atoms with Crippen LogP contribution in [0.1, 0.15) is 29.8 Å². The Balaban J connectivity index is 1.99. The number of nitrogens with one attached hydrogen (secondary N) is 1. The van der Waals surface area contributed by atoms with Crippen LogP contribution in [0.5, 0.6) is 5.75 Å². The van der Waals surface area contributed by atoms with Crippen LogP contribution >= 0.6 is 0 Å². The van der Waals surface area contributed by atoms with Crippen LogP contribution in [0.4, 0.5) is 5.69 Å². The van der Waals surface area contributed by atoms with E-state index < -0.39 is 5.97 Å². The first-order valence-electron chi connectivity index (χ1n) is 9.39. The minimum absolute atomic E-state index is 0.108. The maximum Gasteiger partial charge on any atom is 0.340 e. The number of rotatable bonds is 9. The number of para-hydroxylation sites is 1. The summed E-state index contributed by atoms with van der Waals surface area (Å²) in [5.41, 5.74) is 1.66. The summed E-state index contributed by atoms with van der Waals surface area (Å²) in [4.78, 5) is 37.9. The third-order valence-corrected chi connectivity index (χ3v) is 4.31. The lowest BCUT2D eigenvalue weighted by atomic mass is 10.1. The van der Waals surface area contributed by atoms with E-state index in [2.05, 4.69) is 5.32 Å². The lowest BCUT2D eigenvalue weighted by Crippen LogP contribution is -2.38. The SMILES string of the molecule is CCOC(=O)c1ccccc1NC(=O)CN(CCc1ccc(OC)cc1)C(C)=O. The second kappa shape index (κ2) is 10.8. The number of hydrogen-bond acceptors (Lipinski definition) is 5. The molecule has 2 aromatic rings. The van der Waals surface area contributed by atoms with Crippen molar-refractivity contribution in [3.05, 3.63) is 59.7 Å². The number of anilines is 1. The Morgan fingerprint density at radius 3 is 2.34 bits per heavy atom. The van der Waals surface area contributed by atoms with E-state index in [-0.39, 0.29) is 30.5 Å². The zero-order chi connectivity index (χ0) is 21.2. The van der Waals surface area contributed by atoms with Crippen molar-refractivity contribution < 1.29 is 23.9 Å². The number of methoxy groups -OCH3 is 1. The molecular weight excluding hydrogens is 372 g/mol. The summed E-state index contributed by atoms with van der Waals surface area (Å²) < 4.78 is 10.1. The van der Waals surface area contributed by atoms with E-state index in [1.54, 1.807) is 38.3 Å². The van der Waals surface area contributed by atoms with Gasteiger partial charge in [0.1, 0.15) is 5.75 Å². The highest BCUT2D eigenvalue weighted by atomic mass is 16.5. The molecule has 1 N–H and O–H groups in total. The van der Waals surface area contributed by atoms with Gasteiger partial charge in [-0.15, -0.1) is 0 Å². The number of nitrogens with zero attached hydrogens (tertiary/aromatic N) is 1. The van der Waals surface area contributed by atoms with Crippen molar-refractivity contribution in [1.82, 2.24) is 4.90 Å². The molecule has 2 rings (SSSR count). The third kappa shape index (κ3) is 6.64. The predicted molar refractivity (Wildman–Crippen MR) is 110 cm³/mol. The molecule has 0 unspecified atom stereocenters. The Morgan fingerprint density at radius 1 is 1.03 bits per heavy atom. The average molecular weight is 398 g/mol. The quantitative estimate of drug-likeness (QED) is 0.657. The van der Waals surface area contributed by atoms with E-state index in [4.69, 9.17) is 9.47 Å². The number of hydrogen-bond donors (Lipinski definition) is 1. The number of esters is 1. The molecular formula is C22H26N2O5. The molecule has 2 aromatic carbocycles. The molecule has 7 heteroatoms. The molecule has 0 saturated carbocycles. The summed E-state index contributed by atoms with van der Waals surface area (Å²) in [5, 5.41) is 2.70. The van der Waals surface area contributed by atoms with Crippen LogP contribution in [0.25, 0.3) is 0 Å². The largest absolute Gasteiger partial charge is 0.497 e. The van der Waals surface area contributed by atoms with E-state index >= 15 is 0 Å². The van der Waals surface area contributed by atoms with Crippen molar-refractivity contribution >= 4 is 23.5 Å². The smallest absolute Gasteiger partial charge is 0.340 e. The molecule has 0 fully saturated rings. The van der Waals surface area contributed by atoms with Crippen LogP contribution in [-0.4, -0.2) is 49.5 Å². The van der Waals surface area contributed by atoms with Crippen molar-refractivity contribution in [2.45, 2.75) is 20.3 Å². The van der Waals surface area contributed by atoms with Gasteiger partial charge in [-0.2, -0.15) is 0 Å². The zero-order valence-electron chi connectivity index (χ0n) is 16.9. The Labute approximate surface area is 170 Å². The third-order valence-electron chi connectivity index (χ3n) is 4.31. The van der Waals surface area contributed by atoms with E-state index in [0.717, 1.165) is 11.3 Å². The molecule has 29 heavy (non-hydrogen) atoms. The number of carbonyl (C=O) groups excluding carboxylic acids is 3. The van der Waals surface area contributed by atoms with E-state index in [0.29, 0.717) is 18.7 Å². The van der Waals surface area contributed by atoms with Gasteiger partial charge in [-0.1, -0.05) is 24.3 Å². The molecule has 0 spiro atoms. The number of benzene rings is 2. The highest BCUT2D eigenvalue weighted by Crippen LogP contribution is 2.16. The fourth-order valence-corrected chi connectivity index (χ4v) is 2.75. The standard InChI is InChI=1S/C22H26N2O5/c1-4-29-22(27)19-7-5-6-8-20(19)23-21(26)15-24(16(2)25)14-13-17-9-11-18(28-3)12-10-17/h5-12H,4,13-15H2,1-3H3,(H,23,26). The number of ether oxygens (including phenoxy) is 2. The van der Waals surface area contributed by atoms with Crippen molar-refractivity contribution in [2.24, 2.45) is 0 Å². The molecule has 0 saturated heterocycles. The van der Waals surface area contributed by atoms with Crippen molar-refractivity contribution in [3.8, 4) is 5.75 Å². The Morgan fingerprint density at radius 2 is 1.72 bits per heavy atom. The molecule has 0 radical (unpaired) electrons. The van der Waals surface area contributed by atoms with E-state index in [9.17, 15) is 14.4 Å². The number of carbonyl (C=O) groups is 3. The lowest BCUT2D eigenvalue weighted by molar-refractivity contribution is -0.132. The van der Waals surface area contributed by atoms with Crippen molar-refractivity contribution in [3.63, 3.8) is 0 Å². The molecule has 154 valence electrons. The molecule has 2 amide bonds. The topological polar surface area (TPSA) is 84.9 Å². The molecule has 0 heterocycles. The fourth-order valence-electron chi connectivity index (χ4n) is 2.75. The summed E-state index contributed by atoms with van der Waals surface area (Å²) in [5.74, 6) is -0.331. The van der Waals surface area contributed by atoms with Gasteiger partial charge in [-0.25, -0.2) is 4.79 Å². The Kier molecular flexibility index (Phi) is 8.21. The first-order chi connectivity index (χ1) is 13.9. The van der Waals surface area contributed by atoms with Gasteiger partial charge >= 0.3 is 5.97 Å². The summed E-state index contributed by atoms with van der Waals surface area (Å²) in [6, 6.07) is 14.2. The van der Waals surface area contributed by atoms with Gasteiger partial charge in [0.05, 0.1) is 31.5 Å². The van der Waals surface area contributed by atoms with Crippen LogP contribution < -0.4 is 10.1 Å². The maximum absolute atomic E-state index is 12.5. The monoisotopic (exact) mass is 398 g/mol. The first-order valence-corrected chi connectivity index (χ1v) is 9.39. The minimum Gasteiger partial charge on any atom is -0.497 e. The number of amides is 2. The molecule has 0 bridgehead atoms. The van der Waals surface area contributed by atoms with Crippen LogP contribution in [0.3, 0.4) is 0 Å². The second-order valence-electron chi connectivity index (χ2n) is 6.35. The van der Waals surface area contributed by atoms with Gasteiger partial charge in [0.2, 0.25) is 11.8 Å². The predicted octanol–water partition coefficient (Wildman–Crippen LogP) is 2.90. The normalized spacial score (nSPS) is 10.2. The molecule has 0 aliphatic carbocycles. The van der Waals surface area contributed by atoms with Crippen LogP contribution in [0.2, 0.25) is 0 Å². The van der Waals surface area contributed by atoms with Gasteiger partial charge in [0.25, 0.3) is 0 Å². The lowest BCUT2D eigenvalue weighted by Gasteiger charge is -2.21. The van der Waals surface area contributed by atoms with Gasteiger partial charge in [-0.05, 0) is 43.2 Å². The van der Waals surface area contributed by atoms with Crippen LogP contribution in [0, 0.1) is 0 Å². The van der Waals surface area contributed by atoms with Crippen LogP contribution in [0.15, 0.2) is 48.5 Å². The molecule has 7 nitrogen and oxygen atoms in total. The summed E-state index contributed by atoms with van der Waals surface area (Å²) in [6.45, 7) is 3.67. The van der Waals surface area contributed by atoms with Gasteiger partial charge < -0.3 is 19.7 Å². The van der Waals surface area contributed by atoms with Crippen molar-refractivity contribution in [2.75, 3.05) is 32.1 Å². The first kappa shape index (κ1) is 21.9. The van der Waals surface area contributed by atoms with Gasteiger partial charge in [0.15, 0.2) is 0 Å². The molecule has 0 aliphatic heterocycles. The Hall–Kier alpha value is -3.35.